The molecular weight excluding hydrogens is 398 g/mol. The minimum absolute atomic E-state index is 0.00735. The van der Waals surface area contributed by atoms with Gasteiger partial charge in [-0.1, -0.05) is 59.3 Å². The summed E-state index contributed by atoms with van der Waals surface area (Å²) < 4.78 is 9.32. The number of hydrogen-bond acceptors (Lipinski definition) is 10. The summed E-state index contributed by atoms with van der Waals surface area (Å²) in [6.45, 7) is 0. The second kappa shape index (κ2) is 7.94. The molecule has 0 saturated heterocycles. The van der Waals surface area contributed by atoms with Crippen LogP contribution in [0.2, 0.25) is 5.02 Å². The van der Waals surface area contributed by atoms with Crippen LogP contribution in [0, 0.1) is 0 Å². The van der Waals surface area contributed by atoms with Gasteiger partial charge in [0.1, 0.15) is 6.04 Å². The number of halogens is 1. The molecule has 4 N–H and O–H groups in total. The molecule has 12 heteroatoms. The van der Waals surface area contributed by atoms with Crippen molar-refractivity contribution in [2.45, 2.75) is 6.04 Å². The normalized spacial score (nSPS) is 12.3. The van der Waals surface area contributed by atoms with Gasteiger partial charge in [0.25, 0.3) is 5.82 Å². The van der Waals surface area contributed by atoms with Gasteiger partial charge < -0.3 is 11.5 Å². The number of anilines is 3. The van der Waals surface area contributed by atoms with Gasteiger partial charge in [0, 0.05) is 5.02 Å². The molecule has 2 heterocycles. The fourth-order valence-corrected chi connectivity index (χ4v) is 2.80. The van der Waals surface area contributed by atoms with Gasteiger partial charge in [-0.3, -0.25) is 0 Å². The van der Waals surface area contributed by atoms with Gasteiger partial charge in [-0.2, -0.15) is 0 Å². The van der Waals surface area contributed by atoms with Crippen molar-refractivity contribution in [1.29, 1.82) is 0 Å². The molecule has 146 valence electrons. The minimum Gasteiger partial charge on any atom is -0.378 e. The van der Waals surface area contributed by atoms with Crippen molar-refractivity contribution in [2.75, 3.05) is 16.5 Å². The van der Waals surface area contributed by atoms with Crippen LogP contribution in [0.3, 0.4) is 0 Å². The number of nitrogens with zero attached hydrogens (tertiary/aromatic N) is 7. The van der Waals surface area contributed by atoms with Crippen LogP contribution < -0.4 is 16.5 Å². The van der Waals surface area contributed by atoms with Gasteiger partial charge >= 0.3 is 0 Å². The van der Waals surface area contributed by atoms with E-state index in [1.54, 1.807) is 12.1 Å². The molecule has 0 saturated carbocycles. The van der Waals surface area contributed by atoms with Crippen LogP contribution in [0.1, 0.15) is 17.2 Å². The van der Waals surface area contributed by atoms with Crippen molar-refractivity contribution in [3.8, 4) is 0 Å². The predicted molar refractivity (Wildman–Crippen MR) is 104 cm³/mol. The Balaban J connectivity index is 1.86. The van der Waals surface area contributed by atoms with E-state index in [2.05, 4.69) is 35.6 Å². The first-order chi connectivity index (χ1) is 14.1. The zero-order chi connectivity index (χ0) is 20.2. The molecule has 2 aromatic carbocycles. The lowest BCUT2D eigenvalue weighted by Crippen LogP contribution is -2.25. The maximum atomic E-state index is 6.06. The van der Waals surface area contributed by atoms with E-state index in [-0.39, 0.29) is 23.3 Å². The molecule has 4 aromatic rings. The van der Waals surface area contributed by atoms with E-state index in [1.807, 2.05) is 42.5 Å². The van der Waals surface area contributed by atoms with Crippen molar-refractivity contribution < 1.29 is 9.26 Å². The fourth-order valence-electron chi connectivity index (χ4n) is 2.67. The van der Waals surface area contributed by atoms with Gasteiger partial charge in [0.15, 0.2) is 0 Å². The highest BCUT2D eigenvalue weighted by atomic mass is 35.5. The lowest BCUT2D eigenvalue weighted by atomic mass is 9.98. The van der Waals surface area contributed by atoms with Crippen LogP contribution in [-0.2, 0) is 0 Å². The van der Waals surface area contributed by atoms with Gasteiger partial charge in [-0.15, -0.1) is 5.11 Å². The van der Waals surface area contributed by atoms with E-state index in [0.717, 1.165) is 11.1 Å². The van der Waals surface area contributed by atoms with Crippen LogP contribution >= 0.6 is 11.6 Å². The number of nitrogens with two attached hydrogens (primary N) is 2. The van der Waals surface area contributed by atoms with Gasteiger partial charge in [-0.25, -0.2) is 14.3 Å². The quantitative estimate of drug-likeness (QED) is 0.357. The summed E-state index contributed by atoms with van der Waals surface area (Å²) in [7, 11) is 0. The van der Waals surface area contributed by atoms with E-state index < -0.39 is 6.04 Å². The molecule has 1 atom stereocenters. The second-order valence-electron chi connectivity index (χ2n) is 5.84. The highest BCUT2D eigenvalue weighted by Crippen LogP contribution is 2.35. The molecule has 0 aliphatic carbocycles. The summed E-state index contributed by atoms with van der Waals surface area (Å²) in [6.07, 6.45) is 0. The molecule has 2 aromatic heterocycles. The molecule has 4 rings (SSSR count). The van der Waals surface area contributed by atoms with Crippen molar-refractivity contribution in [3.63, 3.8) is 0 Å². The first kappa shape index (κ1) is 18.4. The smallest absolute Gasteiger partial charge is 0.263 e. The maximum Gasteiger partial charge on any atom is 0.263 e. The van der Waals surface area contributed by atoms with Crippen LogP contribution in [-0.4, -0.2) is 20.6 Å². The Morgan fingerprint density at radius 1 is 0.828 bits per heavy atom. The molecule has 29 heavy (non-hydrogen) atoms. The van der Waals surface area contributed by atoms with E-state index >= 15 is 0 Å². The first-order valence-corrected chi connectivity index (χ1v) is 8.68. The first-order valence-electron chi connectivity index (χ1n) is 8.31. The Bertz CT molecular complexity index is 1110. The van der Waals surface area contributed by atoms with E-state index in [4.69, 9.17) is 27.7 Å². The van der Waals surface area contributed by atoms with E-state index in [1.165, 1.54) is 5.01 Å². The van der Waals surface area contributed by atoms with Crippen LogP contribution in [0.5, 0.6) is 0 Å². The fraction of sp³-hybridized carbons (Fsp3) is 0.0588. The molecule has 0 spiro atoms. The maximum absolute atomic E-state index is 6.06. The Morgan fingerprint density at radius 2 is 1.48 bits per heavy atom. The number of hydrogen-bond donors (Lipinski definition) is 2. The van der Waals surface area contributed by atoms with Crippen molar-refractivity contribution >= 4 is 34.9 Å². The number of aromatic nitrogens is 4. The van der Waals surface area contributed by atoms with Crippen LogP contribution in [0.4, 0.5) is 23.3 Å². The zero-order valence-corrected chi connectivity index (χ0v) is 15.5. The minimum atomic E-state index is -0.493. The summed E-state index contributed by atoms with van der Waals surface area (Å²) >= 11 is 6.06. The summed E-state index contributed by atoms with van der Waals surface area (Å²) in [6, 6.07) is 16.3. The topological polar surface area (TPSA) is 158 Å². The summed E-state index contributed by atoms with van der Waals surface area (Å²) in [5.74, 6) is 0.188. The highest BCUT2D eigenvalue weighted by Gasteiger charge is 2.28. The molecule has 11 nitrogen and oxygen atoms in total. The molecule has 0 amide bonds. The lowest BCUT2D eigenvalue weighted by Gasteiger charge is -2.26. The second-order valence-corrected chi connectivity index (χ2v) is 6.28. The van der Waals surface area contributed by atoms with Gasteiger partial charge in [0.05, 0.1) is 0 Å². The van der Waals surface area contributed by atoms with E-state index in [0.29, 0.717) is 5.02 Å². The molecular formula is C17H14ClN9O2. The number of nitrogen functional groups attached to an aromatic ring is 2. The third kappa shape index (κ3) is 3.84. The number of rotatable bonds is 6. The molecule has 0 unspecified atom stereocenters. The standard InChI is InChI=1S/C17H14ClN9O2/c18-12-8-6-11(7-9-12)13(10-4-2-1-3-5-10)27(17-15(20)23-29-25-17)26-21-16-14(19)22-28-24-16/h1-9,13H,(H2,19,22)(H2,20,23)/t13-/m0/s1. The molecule has 0 radical (unpaired) electrons. The average molecular weight is 412 g/mol. The predicted octanol–water partition coefficient (Wildman–Crippen LogP) is 3.57. The van der Waals surface area contributed by atoms with Gasteiger partial charge in [0.2, 0.25) is 17.5 Å². The van der Waals surface area contributed by atoms with Gasteiger partial charge in [-0.05, 0) is 43.9 Å². The third-order valence-corrected chi connectivity index (χ3v) is 4.24. The van der Waals surface area contributed by atoms with E-state index in [9.17, 15) is 0 Å². The largest absolute Gasteiger partial charge is 0.378 e. The zero-order valence-electron chi connectivity index (χ0n) is 14.8. The average Bonchev–Trinajstić information content (AvgIpc) is 3.35. The van der Waals surface area contributed by atoms with Crippen molar-refractivity contribution in [1.82, 2.24) is 20.6 Å². The lowest BCUT2D eigenvalue weighted by molar-refractivity contribution is 0.308. The summed E-state index contributed by atoms with van der Waals surface area (Å²) in [5, 5.41) is 24.9. The molecule has 0 aliphatic rings. The Labute approximate surface area is 168 Å². The highest BCUT2D eigenvalue weighted by molar-refractivity contribution is 6.30. The summed E-state index contributed by atoms with van der Waals surface area (Å²) in [5.41, 5.74) is 13.3. The SMILES string of the molecule is Nc1nonc1N=NN(c1nonc1N)[C@@H](c1ccccc1)c1ccc(Cl)cc1. The van der Waals surface area contributed by atoms with Crippen LogP contribution in [0.15, 0.2) is 74.2 Å². The van der Waals surface area contributed by atoms with Crippen molar-refractivity contribution in [2.24, 2.45) is 10.3 Å². The summed E-state index contributed by atoms with van der Waals surface area (Å²) in [4.78, 5) is 0. The van der Waals surface area contributed by atoms with Crippen molar-refractivity contribution in [3.05, 3.63) is 70.7 Å². The number of benzene rings is 2. The Kier molecular flexibility index (Phi) is 5.03. The molecule has 0 fully saturated rings. The third-order valence-electron chi connectivity index (χ3n) is 3.99. The monoisotopic (exact) mass is 411 g/mol. The molecule has 0 aliphatic heterocycles. The molecule has 0 bridgehead atoms. The Hall–Kier alpha value is -3.99. The van der Waals surface area contributed by atoms with Crippen LogP contribution in [0.25, 0.3) is 0 Å². The Morgan fingerprint density at radius 3 is 2.10 bits per heavy atom.